The summed E-state index contributed by atoms with van der Waals surface area (Å²) in [7, 11) is 6.38. The Morgan fingerprint density at radius 1 is 0.658 bits per heavy atom. The van der Waals surface area contributed by atoms with E-state index >= 15 is 0 Å². The molecule has 2 fully saturated rings. The van der Waals surface area contributed by atoms with Gasteiger partial charge in [0, 0.05) is 75.0 Å². The first-order valence-electron chi connectivity index (χ1n) is 26.4. The van der Waals surface area contributed by atoms with Crippen molar-refractivity contribution < 1.29 is 57.1 Å². The molecule has 0 spiro atoms. The molecular formula is C58H69N7O12S2. The normalized spacial score (nSPS) is 16.6. The first kappa shape index (κ1) is 58.4. The van der Waals surface area contributed by atoms with Gasteiger partial charge < -0.3 is 58.3 Å². The van der Waals surface area contributed by atoms with Crippen molar-refractivity contribution in [2.24, 2.45) is 9.98 Å². The third-order valence-corrected chi connectivity index (χ3v) is 16.0. The number of carbonyl (C=O) groups is 4. The van der Waals surface area contributed by atoms with Crippen molar-refractivity contribution in [3.8, 4) is 23.0 Å². The summed E-state index contributed by atoms with van der Waals surface area (Å²) in [6.45, 7) is 14.9. The molecule has 3 aromatic carbocycles. The highest BCUT2D eigenvalue weighted by Gasteiger charge is 2.36. The number of benzene rings is 3. The topological polar surface area (TPSA) is 210 Å². The van der Waals surface area contributed by atoms with Crippen LogP contribution < -0.4 is 29.6 Å². The van der Waals surface area contributed by atoms with Crippen molar-refractivity contribution in [3.63, 3.8) is 0 Å². The van der Waals surface area contributed by atoms with E-state index in [0.29, 0.717) is 136 Å². The number of aliphatic imine (C=N–C) groups is 2. The Morgan fingerprint density at radius 3 is 1.71 bits per heavy atom. The SMILES string of the molecule is C=C1C[C@H]2C=Nc3cc(OCc4cc(CNC(=O)CCOCCOCCOCCOCCNC(=O)CCC(C)SSc5ccccn5)cc(COc5cc6c(cc5OC)C(=O)N5CC(=C)C[C@H]5C=N6)c4)c(OC)cc3C(=O)N2C1. The molecule has 0 bridgehead atoms. The average molecular weight is 1120 g/mol. The summed E-state index contributed by atoms with van der Waals surface area (Å²) >= 11 is 0. The van der Waals surface area contributed by atoms with Gasteiger partial charge in [0.1, 0.15) is 18.2 Å². The highest BCUT2D eigenvalue weighted by atomic mass is 33.1. The fourth-order valence-electron chi connectivity index (χ4n) is 9.12. The van der Waals surface area contributed by atoms with Gasteiger partial charge in [0.25, 0.3) is 11.8 Å². The maximum Gasteiger partial charge on any atom is 0.257 e. The molecule has 1 aromatic heterocycles. The maximum absolute atomic E-state index is 13.6. The van der Waals surface area contributed by atoms with Gasteiger partial charge in [0.05, 0.1) is 102 Å². The van der Waals surface area contributed by atoms with Crippen molar-refractivity contribution in [2.75, 3.05) is 86.7 Å². The molecule has 3 atom stereocenters. The molecule has 21 heteroatoms. The molecule has 79 heavy (non-hydrogen) atoms. The van der Waals surface area contributed by atoms with Crippen molar-refractivity contribution in [2.45, 2.75) is 81.1 Å². The number of nitrogens with zero attached hydrogens (tertiary/aromatic N) is 5. The maximum atomic E-state index is 13.6. The van der Waals surface area contributed by atoms with Gasteiger partial charge >= 0.3 is 0 Å². The molecule has 4 aromatic rings. The van der Waals surface area contributed by atoms with Gasteiger partial charge in [-0.05, 0) is 77.1 Å². The number of amides is 4. The molecule has 19 nitrogen and oxygen atoms in total. The van der Waals surface area contributed by atoms with Crippen LogP contribution >= 0.6 is 21.6 Å². The molecular weight excluding hydrogens is 1050 g/mol. The van der Waals surface area contributed by atoms with Crippen LogP contribution in [0.4, 0.5) is 11.4 Å². The summed E-state index contributed by atoms with van der Waals surface area (Å²) in [5.74, 6) is 1.10. The fourth-order valence-corrected chi connectivity index (χ4v) is 11.2. The van der Waals surface area contributed by atoms with E-state index in [9.17, 15) is 19.2 Å². The van der Waals surface area contributed by atoms with Crippen LogP contribution in [0, 0.1) is 0 Å². The van der Waals surface area contributed by atoms with E-state index in [2.05, 4.69) is 45.7 Å². The number of carbonyl (C=O) groups excluding carboxylic acids is 4. The molecule has 2 saturated heterocycles. The van der Waals surface area contributed by atoms with Crippen LogP contribution in [0.25, 0.3) is 0 Å². The average Bonchev–Trinajstić information content (AvgIpc) is 4.13. The Hall–Kier alpha value is -6.75. The van der Waals surface area contributed by atoms with Crippen LogP contribution in [-0.4, -0.2) is 155 Å². The van der Waals surface area contributed by atoms with Gasteiger partial charge in [0.2, 0.25) is 11.8 Å². The largest absolute Gasteiger partial charge is 0.493 e. The smallest absolute Gasteiger partial charge is 0.257 e. The third-order valence-electron chi connectivity index (χ3n) is 13.2. The Kier molecular flexibility index (Phi) is 21.8. The third kappa shape index (κ3) is 16.9. The number of nitrogens with one attached hydrogen (secondary N) is 2. The first-order chi connectivity index (χ1) is 38.4. The monoisotopic (exact) mass is 1120 g/mol. The summed E-state index contributed by atoms with van der Waals surface area (Å²) in [4.78, 5) is 69.7. The second-order valence-electron chi connectivity index (χ2n) is 19.3. The van der Waals surface area contributed by atoms with Gasteiger partial charge in [-0.2, -0.15) is 0 Å². The molecule has 0 radical (unpaired) electrons. The quantitative estimate of drug-likeness (QED) is 0.0278. The standard InChI is InChI=1S/C58H69N7O12S2/c1-38-22-44-32-61-48-29-52(50(70-4)27-46(48)57(68)64(44)34-38)76-36-42-24-41(25-43(26-42)37-77-53-30-49-47(28-51(53)71-5)58(69)65-35-39(2)23-45(65)33-62-49)31-63-55(67)11-14-72-16-18-74-20-21-75-19-17-73-15-13-59-54(66)10-9-40(3)78-79-56-8-6-7-12-60-56/h6-8,12,24-30,32-33,40,44-45H,1-2,9-11,13-23,31,34-37H2,3-5H3,(H,59,66)(H,63,67)/t40?,44-,45-/m0/s1. The number of aromatic nitrogens is 1. The number of rotatable bonds is 31. The first-order valence-corrected chi connectivity index (χ1v) is 28.6. The zero-order chi connectivity index (χ0) is 55.5. The molecule has 0 saturated carbocycles. The van der Waals surface area contributed by atoms with Crippen LogP contribution in [0.2, 0.25) is 0 Å². The molecule has 4 amide bonds. The van der Waals surface area contributed by atoms with Crippen molar-refractivity contribution in [1.29, 1.82) is 0 Å². The molecule has 2 N–H and O–H groups in total. The van der Waals surface area contributed by atoms with E-state index in [4.69, 9.17) is 37.9 Å². The Balaban J connectivity index is 0.768. The summed E-state index contributed by atoms with van der Waals surface area (Å²) in [5.41, 5.74) is 6.11. The molecule has 4 aliphatic rings. The lowest BCUT2D eigenvalue weighted by Crippen LogP contribution is -2.35. The number of fused-ring (bicyclic) bond motifs is 4. The Labute approximate surface area is 469 Å². The van der Waals surface area contributed by atoms with Crippen LogP contribution in [0.3, 0.4) is 0 Å². The molecule has 0 aliphatic carbocycles. The van der Waals surface area contributed by atoms with Crippen LogP contribution in [0.1, 0.15) is 76.4 Å². The Morgan fingerprint density at radius 2 is 1.18 bits per heavy atom. The van der Waals surface area contributed by atoms with E-state index < -0.39 is 0 Å². The molecule has 4 aliphatic heterocycles. The highest BCUT2D eigenvalue weighted by molar-refractivity contribution is 8.76. The van der Waals surface area contributed by atoms with Gasteiger partial charge in [0.15, 0.2) is 23.0 Å². The number of methoxy groups -OCH3 is 2. The van der Waals surface area contributed by atoms with E-state index in [1.165, 1.54) is 14.2 Å². The van der Waals surface area contributed by atoms with Gasteiger partial charge in [-0.15, -0.1) is 0 Å². The highest BCUT2D eigenvalue weighted by Crippen LogP contribution is 2.41. The fraction of sp³-hybridized carbons (Fsp3) is 0.431. The lowest BCUT2D eigenvalue weighted by atomic mass is 10.1. The van der Waals surface area contributed by atoms with E-state index in [-0.39, 0.29) is 68.5 Å². The van der Waals surface area contributed by atoms with E-state index in [0.717, 1.165) is 39.3 Å². The number of ether oxygens (including phenoxy) is 8. The lowest BCUT2D eigenvalue weighted by Gasteiger charge is -2.20. The van der Waals surface area contributed by atoms with Gasteiger partial charge in [-0.3, -0.25) is 29.2 Å². The minimum absolute atomic E-state index is 0.00949. The number of hydrogen-bond acceptors (Lipinski definition) is 17. The second-order valence-corrected chi connectivity index (χ2v) is 21.9. The number of hydrogen-bond donors (Lipinski definition) is 2. The minimum Gasteiger partial charge on any atom is -0.493 e. The molecule has 1 unspecified atom stereocenters. The second kappa shape index (κ2) is 29.5. The minimum atomic E-state index is -0.195. The van der Waals surface area contributed by atoms with Crippen LogP contribution in [0.5, 0.6) is 23.0 Å². The predicted octanol–water partition coefficient (Wildman–Crippen LogP) is 8.03. The number of pyridine rings is 1. The summed E-state index contributed by atoms with van der Waals surface area (Å²) in [6, 6.07) is 18.1. The van der Waals surface area contributed by atoms with Crippen molar-refractivity contribution >= 4 is 69.0 Å². The van der Waals surface area contributed by atoms with E-state index in [1.807, 2.05) is 36.4 Å². The summed E-state index contributed by atoms with van der Waals surface area (Å²) in [6.07, 6.45) is 8.05. The Bertz CT molecular complexity index is 2740. The van der Waals surface area contributed by atoms with Crippen molar-refractivity contribution in [3.05, 3.63) is 119 Å². The lowest BCUT2D eigenvalue weighted by molar-refractivity contribution is -0.122. The van der Waals surface area contributed by atoms with Crippen LogP contribution in [-0.2, 0) is 48.3 Å². The summed E-state index contributed by atoms with van der Waals surface area (Å²) in [5, 5.41) is 7.17. The zero-order valence-corrected chi connectivity index (χ0v) is 46.7. The predicted molar refractivity (Wildman–Crippen MR) is 304 cm³/mol. The van der Waals surface area contributed by atoms with E-state index in [1.54, 1.807) is 74.3 Å². The van der Waals surface area contributed by atoms with Gasteiger partial charge in [-0.1, -0.05) is 60.2 Å². The zero-order valence-electron chi connectivity index (χ0n) is 45.0. The molecule has 420 valence electrons. The summed E-state index contributed by atoms with van der Waals surface area (Å²) < 4.78 is 46.7. The van der Waals surface area contributed by atoms with Gasteiger partial charge in [-0.25, -0.2) is 4.98 Å². The molecule has 8 rings (SSSR count). The van der Waals surface area contributed by atoms with Crippen molar-refractivity contribution in [1.82, 2.24) is 25.4 Å². The molecule has 5 heterocycles. The van der Waals surface area contributed by atoms with Crippen LogP contribution in [0.15, 0.2) is 106 Å².